The van der Waals surface area contributed by atoms with Crippen LogP contribution < -0.4 is 5.32 Å². The van der Waals surface area contributed by atoms with Crippen LogP contribution in [0.4, 0.5) is 11.5 Å². The summed E-state index contributed by atoms with van der Waals surface area (Å²) in [6.45, 7) is 0. The minimum atomic E-state index is 0.496. The second-order valence-corrected chi connectivity index (χ2v) is 6.95. The van der Waals surface area contributed by atoms with E-state index < -0.39 is 0 Å². The number of hydrogen-bond acceptors (Lipinski definition) is 4. The van der Waals surface area contributed by atoms with Crippen molar-refractivity contribution >= 4 is 22.4 Å². The molecule has 5 aromatic rings. The van der Waals surface area contributed by atoms with E-state index in [-0.39, 0.29) is 0 Å². The van der Waals surface area contributed by atoms with Crippen molar-refractivity contribution in [1.82, 2.24) is 15.0 Å². The van der Waals surface area contributed by atoms with Crippen LogP contribution in [-0.2, 0) is 0 Å². The predicted octanol–water partition coefficient (Wildman–Crippen LogP) is 5.91. The number of aromatic nitrogens is 3. The molecule has 0 saturated heterocycles. The molecule has 0 unspecified atom stereocenters. The molecule has 0 spiro atoms. The van der Waals surface area contributed by atoms with Gasteiger partial charge in [0.15, 0.2) is 0 Å². The Hall–Kier alpha value is -4.43. The summed E-state index contributed by atoms with van der Waals surface area (Å²) in [5.74, 6) is 0.543. The van der Waals surface area contributed by atoms with Gasteiger partial charge in [0.05, 0.1) is 5.56 Å². The number of anilines is 2. The highest BCUT2D eigenvalue weighted by atomic mass is 15.0. The highest BCUT2D eigenvalue weighted by molar-refractivity contribution is 5.84. The van der Waals surface area contributed by atoms with E-state index in [1.807, 2.05) is 60.8 Å². The van der Waals surface area contributed by atoms with E-state index in [1.165, 1.54) is 0 Å². The van der Waals surface area contributed by atoms with Gasteiger partial charge in [-0.3, -0.25) is 4.98 Å². The Labute approximate surface area is 173 Å². The molecule has 5 rings (SSSR count). The van der Waals surface area contributed by atoms with Crippen molar-refractivity contribution in [1.29, 1.82) is 5.26 Å². The molecule has 3 heterocycles. The number of benzene rings is 2. The minimum Gasteiger partial charge on any atom is -0.361 e. The molecule has 0 bridgehead atoms. The molecular weight excluding hydrogens is 370 g/mol. The molecule has 2 N–H and O–H groups in total. The maximum absolute atomic E-state index is 9.70. The van der Waals surface area contributed by atoms with Gasteiger partial charge in [-0.1, -0.05) is 18.2 Å². The lowest BCUT2D eigenvalue weighted by Gasteiger charge is -2.10. The summed E-state index contributed by atoms with van der Waals surface area (Å²) in [6.07, 6.45) is 7.26. The van der Waals surface area contributed by atoms with Crippen LogP contribution in [-0.4, -0.2) is 15.0 Å². The molecule has 0 radical (unpaired) electrons. The molecule has 30 heavy (non-hydrogen) atoms. The van der Waals surface area contributed by atoms with Crippen molar-refractivity contribution in [3.05, 3.63) is 97.1 Å². The Morgan fingerprint density at radius 1 is 0.833 bits per heavy atom. The Bertz CT molecular complexity index is 1380. The number of pyridine rings is 2. The molecule has 5 heteroatoms. The Morgan fingerprint density at radius 2 is 1.67 bits per heavy atom. The number of aromatic amines is 1. The van der Waals surface area contributed by atoms with Crippen LogP contribution in [0.2, 0.25) is 0 Å². The van der Waals surface area contributed by atoms with Crippen molar-refractivity contribution in [2.45, 2.75) is 0 Å². The second-order valence-electron chi connectivity index (χ2n) is 6.95. The van der Waals surface area contributed by atoms with Crippen LogP contribution >= 0.6 is 0 Å². The van der Waals surface area contributed by atoms with Crippen LogP contribution in [0.1, 0.15) is 5.56 Å². The second kappa shape index (κ2) is 7.53. The Balaban J connectivity index is 1.47. The zero-order chi connectivity index (χ0) is 20.3. The Kier molecular flexibility index (Phi) is 4.43. The van der Waals surface area contributed by atoms with Gasteiger partial charge in [0, 0.05) is 46.9 Å². The third-order valence-electron chi connectivity index (χ3n) is 5.03. The van der Waals surface area contributed by atoms with Gasteiger partial charge in [0.1, 0.15) is 11.9 Å². The number of fused-ring (bicyclic) bond motifs is 1. The summed E-state index contributed by atoms with van der Waals surface area (Å²) in [5, 5.41) is 14.1. The number of rotatable bonds is 4. The first kappa shape index (κ1) is 17.7. The molecule has 0 saturated carbocycles. The topological polar surface area (TPSA) is 77.4 Å². The molecule has 0 aliphatic rings. The van der Waals surface area contributed by atoms with Gasteiger partial charge >= 0.3 is 0 Å². The molecule has 5 nitrogen and oxygen atoms in total. The van der Waals surface area contributed by atoms with E-state index in [9.17, 15) is 5.26 Å². The summed E-state index contributed by atoms with van der Waals surface area (Å²) in [7, 11) is 0. The molecule has 0 aliphatic heterocycles. The maximum atomic E-state index is 9.70. The highest BCUT2D eigenvalue weighted by Gasteiger charge is 2.09. The van der Waals surface area contributed by atoms with Crippen LogP contribution in [0.3, 0.4) is 0 Å². The van der Waals surface area contributed by atoms with Crippen molar-refractivity contribution in [2.24, 2.45) is 0 Å². The number of hydrogen-bond donors (Lipinski definition) is 2. The summed E-state index contributed by atoms with van der Waals surface area (Å²) in [4.78, 5) is 11.8. The molecule has 2 aromatic carbocycles. The molecule has 0 atom stereocenters. The van der Waals surface area contributed by atoms with E-state index in [4.69, 9.17) is 0 Å². The zero-order valence-corrected chi connectivity index (χ0v) is 16.0. The molecule has 0 fully saturated rings. The number of H-pyrrole nitrogens is 1. The van der Waals surface area contributed by atoms with Gasteiger partial charge in [0.25, 0.3) is 0 Å². The summed E-state index contributed by atoms with van der Waals surface area (Å²) in [6, 6.07) is 24.3. The van der Waals surface area contributed by atoms with E-state index >= 15 is 0 Å². The monoisotopic (exact) mass is 387 g/mol. The van der Waals surface area contributed by atoms with Crippen LogP contribution in [0.5, 0.6) is 0 Å². The summed E-state index contributed by atoms with van der Waals surface area (Å²) >= 11 is 0. The first-order valence-corrected chi connectivity index (χ1v) is 9.55. The lowest BCUT2D eigenvalue weighted by molar-refractivity contribution is 1.29. The van der Waals surface area contributed by atoms with Crippen molar-refractivity contribution in [3.63, 3.8) is 0 Å². The highest BCUT2D eigenvalue weighted by Crippen LogP contribution is 2.29. The van der Waals surface area contributed by atoms with E-state index in [0.29, 0.717) is 11.4 Å². The molecule has 0 amide bonds. The average molecular weight is 387 g/mol. The maximum Gasteiger partial charge on any atom is 0.148 e. The minimum absolute atomic E-state index is 0.496. The van der Waals surface area contributed by atoms with Gasteiger partial charge in [-0.05, 0) is 65.2 Å². The lowest BCUT2D eigenvalue weighted by Crippen LogP contribution is -1.97. The quantitative estimate of drug-likeness (QED) is 0.402. The first-order valence-electron chi connectivity index (χ1n) is 9.55. The van der Waals surface area contributed by atoms with Gasteiger partial charge in [-0.25, -0.2) is 4.98 Å². The third kappa shape index (κ3) is 3.38. The van der Waals surface area contributed by atoms with Gasteiger partial charge in [-0.2, -0.15) is 5.26 Å². The third-order valence-corrected chi connectivity index (χ3v) is 5.03. The van der Waals surface area contributed by atoms with E-state index in [1.54, 1.807) is 18.6 Å². The standard InChI is InChI=1S/C25H17N5/c26-15-21-13-22(19-3-1-2-18(12-19)17-6-9-27-10-7-17)16-29-25(21)30-23-4-5-24-20(14-23)8-11-28-24/h1-14,16,28H,(H,29,30). The molecule has 142 valence electrons. The lowest BCUT2D eigenvalue weighted by atomic mass is 10.00. The number of nitrogens with zero attached hydrogens (tertiary/aromatic N) is 3. The van der Waals surface area contributed by atoms with Gasteiger partial charge in [-0.15, -0.1) is 0 Å². The summed E-state index contributed by atoms with van der Waals surface area (Å²) in [5.41, 5.74) is 6.55. The summed E-state index contributed by atoms with van der Waals surface area (Å²) < 4.78 is 0. The Morgan fingerprint density at radius 3 is 2.50 bits per heavy atom. The normalized spacial score (nSPS) is 10.6. The number of nitrogens with one attached hydrogen (secondary N) is 2. The van der Waals surface area contributed by atoms with E-state index in [0.717, 1.165) is 38.8 Å². The average Bonchev–Trinajstić information content (AvgIpc) is 3.28. The van der Waals surface area contributed by atoms with Gasteiger partial charge < -0.3 is 10.3 Å². The van der Waals surface area contributed by atoms with Crippen molar-refractivity contribution in [2.75, 3.05) is 5.32 Å². The van der Waals surface area contributed by atoms with Gasteiger partial charge in [0.2, 0.25) is 0 Å². The molecule has 0 aliphatic carbocycles. The zero-order valence-electron chi connectivity index (χ0n) is 16.0. The van der Waals surface area contributed by atoms with Crippen molar-refractivity contribution in [3.8, 4) is 28.3 Å². The fraction of sp³-hybridized carbons (Fsp3) is 0. The fourth-order valence-electron chi connectivity index (χ4n) is 3.50. The first-order chi connectivity index (χ1) is 14.8. The smallest absolute Gasteiger partial charge is 0.148 e. The van der Waals surface area contributed by atoms with E-state index in [2.05, 4.69) is 38.5 Å². The number of nitriles is 1. The SMILES string of the molecule is N#Cc1cc(-c2cccc(-c3ccncc3)c2)cnc1Nc1ccc2[nH]ccc2c1. The predicted molar refractivity (Wildman–Crippen MR) is 119 cm³/mol. The van der Waals surface area contributed by atoms with Crippen LogP contribution in [0.25, 0.3) is 33.2 Å². The molecule has 3 aromatic heterocycles. The van der Waals surface area contributed by atoms with Crippen LogP contribution in [0.15, 0.2) is 91.5 Å². The fourth-order valence-corrected chi connectivity index (χ4v) is 3.50. The van der Waals surface area contributed by atoms with Crippen LogP contribution in [0, 0.1) is 11.3 Å². The van der Waals surface area contributed by atoms with Crippen molar-refractivity contribution < 1.29 is 0 Å². The largest absolute Gasteiger partial charge is 0.361 e. The molecular formula is C25H17N5.